The minimum absolute atomic E-state index is 0.0993. The van der Waals surface area contributed by atoms with E-state index < -0.39 is 11.6 Å². The fourth-order valence-corrected chi connectivity index (χ4v) is 1.29. The summed E-state index contributed by atoms with van der Waals surface area (Å²) in [6.45, 7) is -0.267. The van der Waals surface area contributed by atoms with E-state index in [4.69, 9.17) is 5.11 Å². The SMILES string of the molecule is OCc1ncc(-c2cccc(F)c2F)[nH]1. The van der Waals surface area contributed by atoms with Gasteiger partial charge >= 0.3 is 0 Å². The van der Waals surface area contributed by atoms with Gasteiger partial charge in [-0.25, -0.2) is 13.8 Å². The van der Waals surface area contributed by atoms with Crippen LogP contribution in [0.4, 0.5) is 8.78 Å². The number of hydrogen-bond acceptors (Lipinski definition) is 2. The fourth-order valence-electron chi connectivity index (χ4n) is 1.29. The Labute approximate surface area is 84.4 Å². The molecule has 2 N–H and O–H groups in total. The number of nitrogens with zero attached hydrogens (tertiary/aromatic N) is 1. The van der Waals surface area contributed by atoms with Gasteiger partial charge in [0.15, 0.2) is 11.6 Å². The molecule has 1 heterocycles. The normalized spacial score (nSPS) is 10.6. The van der Waals surface area contributed by atoms with Crippen LogP contribution in [0.5, 0.6) is 0 Å². The highest BCUT2D eigenvalue weighted by Crippen LogP contribution is 2.22. The van der Waals surface area contributed by atoms with E-state index in [9.17, 15) is 8.78 Å². The first-order valence-electron chi connectivity index (χ1n) is 4.31. The molecule has 0 saturated heterocycles. The quantitative estimate of drug-likeness (QED) is 0.794. The minimum atomic E-state index is -0.925. The zero-order chi connectivity index (χ0) is 10.8. The molecule has 0 aliphatic carbocycles. The van der Waals surface area contributed by atoms with Gasteiger partial charge in [0.1, 0.15) is 12.4 Å². The number of hydrogen-bond donors (Lipinski definition) is 2. The largest absolute Gasteiger partial charge is 0.388 e. The van der Waals surface area contributed by atoms with Gasteiger partial charge in [-0.1, -0.05) is 6.07 Å². The van der Waals surface area contributed by atoms with Gasteiger partial charge < -0.3 is 10.1 Å². The van der Waals surface area contributed by atoms with Crippen LogP contribution in [0.1, 0.15) is 5.82 Å². The van der Waals surface area contributed by atoms with Crippen molar-refractivity contribution in [3.8, 4) is 11.3 Å². The molecule has 15 heavy (non-hydrogen) atoms. The summed E-state index contributed by atoms with van der Waals surface area (Å²) >= 11 is 0. The molecule has 0 aliphatic heterocycles. The van der Waals surface area contributed by atoms with E-state index in [-0.39, 0.29) is 12.2 Å². The summed E-state index contributed by atoms with van der Waals surface area (Å²) < 4.78 is 26.2. The van der Waals surface area contributed by atoms with Crippen molar-refractivity contribution >= 4 is 0 Å². The molecule has 0 bridgehead atoms. The van der Waals surface area contributed by atoms with Gasteiger partial charge in [-0.05, 0) is 12.1 Å². The van der Waals surface area contributed by atoms with Crippen molar-refractivity contribution in [2.24, 2.45) is 0 Å². The van der Waals surface area contributed by atoms with Crippen molar-refractivity contribution in [1.82, 2.24) is 9.97 Å². The molecular formula is C10H8F2N2O. The summed E-state index contributed by atoms with van der Waals surface area (Å²) in [6, 6.07) is 3.89. The lowest BCUT2D eigenvalue weighted by Crippen LogP contribution is -1.90. The molecule has 0 unspecified atom stereocenters. The van der Waals surface area contributed by atoms with Gasteiger partial charge in [0.2, 0.25) is 0 Å². The van der Waals surface area contributed by atoms with Crippen LogP contribution in [0.2, 0.25) is 0 Å². The smallest absolute Gasteiger partial charge is 0.168 e. The number of aliphatic hydroxyl groups is 1. The Balaban J connectivity index is 2.49. The van der Waals surface area contributed by atoms with Crippen LogP contribution in [-0.4, -0.2) is 15.1 Å². The molecule has 0 saturated carbocycles. The van der Waals surface area contributed by atoms with Crippen molar-refractivity contribution in [2.75, 3.05) is 0 Å². The van der Waals surface area contributed by atoms with E-state index >= 15 is 0 Å². The van der Waals surface area contributed by atoms with Gasteiger partial charge in [-0.2, -0.15) is 0 Å². The van der Waals surface area contributed by atoms with Crippen LogP contribution in [0.25, 0.3) is 11.3 Å². The molecule has 1 aromatic carbocycles. The molecule has 0 radical (unpaired) electrons. The second kappa shape index (κ2) is 3.78. The van der Waals surface area contributed by atoms with E-state index in [1.54, 1.807) is 0 Å². The standard InChI is InChI=1S/C10H8F2N2O/c11-7-3-1-2-6(10(7)12)8-4-13-9(5-15)14-8/h1-4,15H,5H2,(H,13,14). The molecular weight excluding hydrogens is 202 g/mol. The average molecular weight is 210 g/mol. The maximum Gasteiger partial charge on any atom is 0.168 e. The first-order valence-corrected chi connectivity index (χ1v) is 4.31. The number of aliphatic hydroxyl groups excluding tert-OH is 1. The van der Waals surface area contributed by atoms with Crippen molar-refractivity contribution < 1.29 is 13.9 Å². The average Bonchev–Trinajstić information content (AvgIpc) is 2.70. The van der Waals surface area contributed by atoms with Crippen LogP contribution in [0.3, 0.4) is 0 Å². The van der Waals surface area contributed by atoms with Crippen LogP contribution >= 0.6 is 0 Å². The zero-order valence-corrected chi connectivity index (χ0v) is 7.67. The lowest BCUT2D eigenvalue weighted by atomic mass is 10.1. The van der Waals surface area contributed by atoms with Crippen LogP contribution in [0.15, 0.2) is 24.4 Å². The highest BCUT2D eigenvalue weighted by molar-refractivity contribution is 5.59. The summed E-state index contributed by atoms with van der Waals surface area (Å²) in [5, 5.41) is 8.76. The first-order chi connectivity index (χ1) is 7.22. The summed E-state index contributed by atoms with van der Waals surface area (Å²) in [7, 11) is 0. The Morgan fingerprint density at radius 2 is 2.13 bits per heavy atom. The van der Waals surface area contributed by atoms with Gasteiger partial charge in [0.25, 0.3) is 0 Å². The van der Waals surface area contributed by atoms with E-state index in [1.807, 2.05) is 0 Å². The third-order valence-electron chi connectivity index (χ3n) is 2.02. The summed E-state index contributed by atoms with van der Waals surface area (Å²) in [5.74, 6) is -1.52. The van der Waals surface area contributed by atoms with Crippen LogP contribution < -0.4 is 0 Å². The van der Waals surface area contributed by atoms with Crippen molar-refractivity contribution in [3.63, 3.8) is 0 Å². The Bertz CT molecular complexity index is 482. The Hall–Kier alpha value is -1.75. The predicted octanol–water partition coefficient (Wildman–Crippen LogP) is 1.85. The Morgan fingerprint density at radius 1 is 1.33 bits per heavy atom. The van der Waals surface area contributed by atoms with Gasteiger partial charge in [-0.3, -0.25) is 0 Å². The minimum Gasteiger partial charge on any atom is -0.388 e. The second-order valence-corrected chi connectivity index (χ2v) is 3.00. The maximum absolute atomic E-state index is 13.3. The number of aromatic amines is 1. The van der Waals surface area contributed by atoms with E-state index in [1.165, 1.54) is 18.3 Å². The van der Waals surface area contributed by atoms with Crippen molar-refractivity contribution in [1.29, 1.82) is 0 Å². The molecule has 78 valence electrons. The molecule has 0 aliphatic rings. The van der Waals surface area contributed by atoms with Gasteiger partial charge in [-0.15, -0.1) is 0 Å². The van der Waals surface area contributed by atoms with E-state index in [2.05, 4.69) is 9.97 Å². The second-order valence-electron chi connectivity index (χ2n) is 3.00. The molecule has 0 amide bonds. The predicted molar refractivity (Wildman–Crippen MR) is 49.9 cm³/mol. The fraction of sp³-hybridized carbons (Fsp3) is 0.100. The number of benzene rings is 1. The monoisotopic (exact) mass is 210 g/mol. The molecule has 0 spiro atoms. The summed E-state index contributed by atoms with van der Waals surface area (Å²) in [6.07, 6.45) is 1.35. The molecule has 3 nitrogen and oxygen atoms in total. The number of imidazole rings is 1. The highest BCUT2D eigenvalue weighted by Gasteiger charge is 2.11. The van der Waals surface area contributed by atoms with Gasteiger partial charge in [0.05, 0.1) is 11.9 Å². The number of aromatic nitrogens is 2. The highest BCUT2D eigenvalue weighted by atomic mass is 19.2. The Morgan fingerprint density at radius 3 is 2.80 bits per heavy atom. The third kappa shape index (κ3) is 1.73. The van der Waals surface area contributed by atoms with E-state index in [0.29, 0.717) is 11.5 Å². The maximum atomic E-state index is 13.3. The molecule has 0 atom stereocenters. The van der Waals surface area contributed by atoms with Crippen molar-refractivity contribution in [2.45, 2.75) is 6.61 Å². The number of halogens is 2. The van der Waals surface area contributed by atoms with Crippen LogP contribution in [0, 0.1) is 11.6 Å². The van der Waals surface area contributed by atoms with Gasteiger partial charge in [0, 0.05) is 5.56 Å². The number of rotatable bonds is 2. The van der Waals surface area contributed by atoms with E-state index in [0.717, 1.165) is 6.07 Å². The van der Waals surface area contributed by atoms with Crippen molar-refractivity contribution in [3.05, 3.63) is 41.9 Å². The molecule has 5 heteroatoms. The van der Waals surface area contributed by atoms with Crippen LogP contribution in [-0.2, 0) is 6.61 Å². The first kappa shape index (κ1) is 9.79. The number of H-pyrrole nitrogens is 1. The lowest BCUT2D eigenvalue weighted by molar-refractivity contribution is 0.272. The molecule has 2 aromatic rings. The molecule has 1 aromatic heterocycles. The summed E-state index contributed by atoms with van der Waals surface area (Å²) in [5.41, 5.74) is 0.443. The molecule has 0 fully saturated rings. The zero-order valence-electron chi connectivity index (χ0n) is 7.67. The lowest BCUT2D eigenvalue weighted by Gasteiger charge is -2.00. The topological polar surface area (TPSA) is 48.9 Å². The third-order valence-corrected chi connectivity index (χ3v) is 2.02. The Kier molecular flexibility index (Phi) is 2.47. The summed E-state index contributed by atoms with van der Waals surface area (Å²) in [4.78, 5) is 6.47. The number of nitrogens with one attached hydrogen (secondary N) is 1. The molecule has 2 rings (SSSR count).